The summed E-state index contributed by atoms with van der Waals surface area (Å²) >= 11 is 0. The number of benzene rings is 1. The van der Waals surface area contributed by atoms with Crippen LogP contribution in [0, 0.1) is 0 Å². The van der Waals surface area contributed by atoms with E-state index in [9.17, 15) is 14.4 Å². The van der Waals surface area contributed by atoms with Gasteiger partial charge in [0.1, 0.15) is 11.6 Å². The number of anilines is 2. The number of amides is 2. The second-order valence-electron chi connectivity index (χ2n) is 6.42. The predicted octanol–water partition coefficient (Wildman–Crippen LogP) is 3.34. The minimum absolute atomic E-state index is 0.272. The highest BCUT2D eigenvalue weighted by molar-refractivity contribution is 6.01. The summed E-state index contributed by atoms with van der Waals surface area (Å²) in [4.78, 5) is 40.5. The summed E-state index contributed by atoms with van der Waals surface area (Å²) < 4.78 is 9.74. The monoisotopic (exact) mass is 413 g/mol. The van der Waals surface area contributed by atoms with E-state index in [-0.39, 0.29) is 11.4 Å². The smallest absolute Gasteiger partial charge is 0.341 e. The van der Waals surface area contributed by atoms with E-state index in [0.717, 1.165) is 5.57 Å². The van der Waals surface area contributed by atoms with Gasteiger partial charge < -0.3 is 14.6 Å². The van der Waals surface area contributed by atoms with E-state index in [0.29, 0.717) is 18.0 Å². The summed E-state index contributed by atoms with van der Waals surface area (Å²) in [5.74, 6) is -0.940. The average Bonchev–Trinajstić information content (AvgIpc) is 2.73. The molecule has 2 amide bonds. The first kappa shape index (κ1) is 22.4. The molecule has 0 saturated carbocycles. The number of pyridine rings is 1. The molecule has 9 nitrogen and oxygen atoms in total. The number of carboxylic acids is 1. The lowest BCUT2D eigenvalue weighted by atomic mass is 10.2. The molecule has 0 unspecified atom stereocenters. The van der Waals surface area contributed by atoms with Crippen molar-refractivity contribution in [3.63, 3.8) is 0 Å². The fourth-order valence-corrected chi connectivity index (χ4v) is 2.33. The first-order valence-corrected chi connectivity index (χ1v) is 9.01. The van der Waals surface area contributed by atoms with Gasteiger partial charge in [0, 0.05) is 18.4 Å². The number of urea groups is 1. The van der Waals surface area contributed by atoms with Gasteiger partial charge in [-0.1, -0.05) is 11.6 Å². The van der Waals surface area contributed by atoms with Crippen molar-refractivity contribution in [3.8, 4) is 5.75 Å². The van der Waals surface area contributed by atoms with Crippen molar-refractivity contribution in [3.05, 3.63) is 59.8 Å². The lowest BCUT2D eigenvalue weighted by molar-refractivity contribution is -0.139. The number of methoxy groups -OCH3 is 1. The van der Waals surface area contributed by atoms with Crippen LogP contribution < -0.4 is 15.0 Å². The Labute approximate surface area is 173 Å². The first-order chi connectivity index (χ1) is 14.3. The van der Waals surface area contributed by atoms with Crippen molar-refractivity contribution in [2.45, 2.75) is 13.8 Å². The van der Waals surface area contributed by atoms with Gasteiger partial charge in [-0.25, -0.2) is 19.4 Å². The van der Waals surface area contributed by atoms with Crippen LogP contribution in [-0.4, -0.2) is 48.3 Å². The fourth-order valence-electron chi connectivity index (χ4n) is 2.33. The molecular weight excluding hydrogens is 390 g/mol. The molecule has 9 heteroatoms. The van der Waals surface area contributed by atoms with Gasteiger partial charge in [0.2, 0.25) is 0 Å². The summed E-state index contributed by atoms with van der Waals surface area (Å²) in [7, 11) is 1.27. The number of nitrogens with zero attached hydrogens (tertiary/aromatic N) is 2. The van der Waals surface area contributed by atoms with E-state index in [1.807, 2.05) is 19.9 Å². The third-order valence-corrected chi connectivity index (χ3v) is 3.86. The Morgan fingerprint density at radius 1 is 1.13 bits per heavy atom. The van der Waals surface area contributed by atoms with Crippen LogP contribution in [-0.2, 0) is 9.53 Å². The van der Waals surface area contributed by atoms with Crippen LogP contribution in [0.3, 0.4) is 0 Å². The largest absolute Gasteiger partial charge is 0.482 e. The Morgan fingerprint density at radius 3 is 2.37 bits per heavy atom. The normalized spacial score (nSPS) is 9.97. The number of rotatable bonds is 8. The predicted molar refractivity (Wildman–Crippen MR) is 111 cm³/mol. The molecule has 1 aromatic carbocycles. The molecule has 0 fully saturated rings. The Kier molecular flexibility index (Phi) is 7.92. The maximum atomic E-state index is 12.8. The first-order valence-electron chi connectivity index (χ1n) is 9.01. The summed E-state index contributed by atoms with van der Waals surface area (Å²) in [6, 6.07) is 9.07. The zero-order chi connectivity index (χ0) is 22.1. The Bertz CT molecular complexity index is 919. The molecule has 158 valence electrons. The number of hydrogen-bond donors (Lipinski definition) is 2. The highest BCUT2D eigenvalue weighted by Gasteiger charge is 2.16. The number of hydrogen-bond acceptors (Lipinski definition) is 6. The van der Waals surface area contributed by atoms with Crippen molar-refractivity contribution >= 4 is 29.5 Å². The Hall–Kier alpha value is -3.88. The highest BCUT2D eigenvalue weighted by Crippen LogP contribution is 2.21. The second-order valence-corrected chi connectivity index (χ2v) is 6.42. The second kappa shape index (κ2) is 10.6. The number of ether oxygens (including phenoxy) is 2. The van der Waals surface area contributed by atoms with Crippen LogP contribution in [0.4, 0.5) is 16.3 Å². The zero-order valence-corrected chi connectivity index (χ0v) is 16.9. The van der Waals surface area contributed by atoms with Crippen LogP contribution in [0.2, 0.25) is 0 Å². The van der Waals surface area contributed by atoms with E-state index in [1.54, 1.807) is 24.3 Å². The van der Waals surface area contributed by atoms with Crippen LogP contribution in [0.1, 0.15) is 24.2 Å². The lowest BCUT2D eigenvalue weighted by Gasteiger charge is -2.22. The molecule has 0 bridgehead atoms. The number of esters is 1. The standard InChI is InChI=1S/C21H23N3O6/c1-14(2)10-11-24(16-5-7-17(8-6-16)30-13-19(25)26)21(28)23-18-9-4-15(12-22-18)20(27)29-3/h4-10,12H,11,13H2,1-3H3,(H,25,26)(H,22,23,28). The minimum Gasteiger partial charge on any atom is -0.482 e. The molecule has 0 saturated heterocycles. The third-order valence-electron chi connectivity index (χ3n) is 3.86. The fraction of sp³-hybridized carbons (Fsp3) is 0.238. The van der Waals surface area contributed by atoms with E-state index < -0.39 is 24.6 Å². The van der Waals surface area contributed by atoms with Crippen LogP contribution >= 0.6 is 0 Å². The van der Waals surface area contributed by atoms with Gasteiger partial charge in [0.15, 0.2) is 6.61 Å². The molecular formula is C21H23N3O6. The van der Waals surface area contributed by atoms with E-state index in [1.165, 1.54) is 30.3 Å². The maximum absolute atomic E-state index is 12.8. The summed E-state index contributed by atoms with van der Waals surface area (Å²) in [6.45, 7) is 3.70. The van der Waals surface area contributed by atoms with Gasteiger partial charge in [-0.3, -0.25) is 10.2 Å². The molecule has 1 heterocycles. The van der Waals surface area contributed by atoms with Crippen molar-refractivity contribution in [1.29, 1.82) is 0 Å². The van der Waals surface area contributed by atoms with Crippen molar-refractivity contribution < 1.29 is 29.0 Å². The quantitative estimate of drug-likeness (QED) is 0.503. The Morgan fingerprint density at radius 2 is 1.83 bits per heavy atom. The summed E-state index contributed by atoms with van der Waals surface area (Å²) in [6.07, 6.45) is 3.21. The number of carboxylic acid groups (broad SMARTS) is 1. The molecule has 0 aliphatic heterocycles. The molecule has 0 spiro atoms. The molecule has 2 N–H and O–H groups in total. The van der Waals surface area contributed by atoms with Gasteiger partial charge in [0.05, 0.1) is 12.7 Å². The molecule has 0 radical (unpaired) electrons. The minimum atomic E-state index is -1.07. The van der Waals surface area contributed by atoms with Crippen molar-refractivity contribution in [2.75, 3.05) is 30.5 Å². The molecule has 0 aliphatic rings. The topological polar surface area (TPSA) is 118 Å². The van der Waals surface area contributed by atoms with Crippen LogP contribution in [0.15, 0.2) is 54.2 Å². The van der Waals surface area contributed by atoms with Crippen LogP contribution in [0.5, 0.6) is 5.75 Å². The highest BCUT2D eigenvalue weighted by atomic mass is 16.5. The van der Waals surface area contributed by atoms with E-state index in [4.69, 9.17) is 9.84 Å². The van der Waals surface area contributed by atoms with Gasteiger partial charge in [-0.15, -0.1) is 0 Å². The molecule has 2 rings (SSSR count). The number of aliphatic carboxylic acids is 1. The molecule has 0 aliphatic carbocycles. The molecule has 0 atom stereocenters. The number of nitrogens with one attached hydrogen (secondary N) is 1. The van der Waals surface area contributed by atoms with Gasteiger partial charge >= 0.3 is 18.0 Å². The van der Waals surface area contributed by atoms with Crippen LogP contribution in [0.25, 0.3) is 0 Å². The van der Waals surface area contributed by atoms with Gasteiger partial charge in [0.25, 0.3) is 0 Å². The number of aromatic nitrogens is 1. The van der Waals surface area contributed by atoms with Gasteiger partial charge in [-0.05, 0) is 50.2 Å². The van der Waals surface area contributed by atoms with Crippen molar-refractivity contribution in [2.24, 2.45) is 0 Å². The molecule has 1 aromatic heterocycles. The Balaban J connectivity index is 2.17. The summed E-state index contributed by atoms with van der Waals surface area (Å²) in [5.41, 5.74) is 1.89. The molecule has 30 heavy (non-hydrogen) atoms. The third kappa shape index (κ3) is 6.62. The van der Waals surface area contributed by atoms with E-state index in [2.05, 4.69) is 15.0 Å². The summed E-state index contributed by atoms with van der Waals surface area (Å²) in [5, 5.41) is 11.4. The number of carbonyl (C=O) groups is 3. The maximum Gasteiger partial charge on any atom is 0.341 e. The van der Waals surface area contributed by atoms with E-state index >= 15 is 0 Å². The number of carbonyl (C=O) groups excluding carboxylic acids is 2. The van der Waals surface area contributed by atoms with Gasteiger partial charge in [-0.2, -0.15) is 0 Å². The lowest BCUT2D eigenvalue weighted by Crippen LogP contribution is -2.35. The molecule has 2 aromatic rings. The van der Waals surface area contributed by atoms with Crippen molar-refractivity contribution in [1.82, 2.24) is 4.98 Å². The average molecular weight is 413 g/mol. The SMILES string of the molecule is COC(=O)c1ccc(NC(=O)N(CC=C(C)C)c2ccc(OCC(=O)O)cc2)nc1. The number of allylic oxidation sites excluding steroid dienone is 1. The zero-order valence-electron chi connectivity index (χ0n) is 16.9.